The number of aryl methyl sites for hydroxylation is 1. The Bertz CT molecular complexity index is 891. The molecule has 0 unspecified atom stereocenters. The number of hydrogen-bond donors (Lipinski definition) is 1. The van der Waals surface area contributed by atoms with Crippen molar-refractivity contribution >= 4 is 17.5 Å². The standard InChI is InChI=1S/C19H20ClN5O/c1-3-17(19(26)21-12-15-7-5-4-6-13(15)2)25-23-18(22-24-25)14-8-10-16(20)11-9-14/h4-11,17H,3,12H2,1-2H3,(H,21,26)/t17-/m1/s1. The summed E-state index contributed by atoms with van der Waals surface area (Å²) in [6.07, 6.45) is 0.565. The summed E-state index contributed by atoms with van der Waals surface area (Å²) >= 11 is 5.90. The molecule has 134 valence electrons. The number of carbonyl (C=O) groups is 1. The summed E-state index contributed by atoms with van der Waals surface area (Å²) in [5.41, 5.74) is 3.03. The molecule has 1 amide bonds. The number of amides is 1. The molecule has 0 aliphatic heterocycles. The van der Waals surface area contributed by atoms with Crippen LogP contribution in [0, 0.1) is 6.92 Å². The third kappa shape index (κ3) is 4.08. The zero-order valence-electron chi connectivity index (χ0n) is 14.7. The van der Waals surface area contributed by atoms with Gasteiger partial charge in [-0.15, -0.1) is 10.2 Å². The quantitative estimate of drug-likeness (QED) is 0.720. The first-order valence-corrected chi connectivity index (χ1v) is 8.84. The van der Waals surface area contributed by atoms with E-state index in [4.69, 9.17) is 11.6 Å². The van der Waals surface area contributed by atoms with Gasteiger partial charge >= 0.3 is 0 Å². The van der Waals surface area contributed by atoms with Gasteiger partial charge in [0.05, 0.1) is 0 Å². The first-order valence-electron chi connectivity index (χ1n) is 8.46. The van der Waals surface area contributed by atoms with Gasteiger partial charge in [-0.1, -0.05) is 42.8 Å². The highest BCUT2D eigenvalue weighted by Gasteiger charge is 2.21. The van der Waals surface area contributed by atoms with Gasteiger partial charge in [-0.3, -0.25) is 4.79 Å². The minimum absolute atomic E-state index is 0.129. The SMILES string of the molecule is CC[C@H](C(=O)NCc1ccccc1C)n1nnc(-c2ccc(Cl)cc2)n1. The zero-order chi connectivity index (χ0) is 18.5. The molecule has 26 heavy (non-hydrogen) atoms. The number of hydrogen-bond acceptors (Lipinski definition) is 4. The second-order valence-electron chi connectivity index (χ2n) is 6.01. The minimum atomic E-state index is -0.507. The largest absolute Gasteiger partial charge is 0.350 e. The fraction of sp³-hybridized carbons (Fsp3) is 0.263. The Labute approximate surface area is 157 Å². The normalized spacial score (nSPS) is 12.0. The summed E-state index contributed by atoms with van der Waals surface area (Å²) in [4.78, 5) is 14.0. The van der Waals surface area contributed by atoms with Crippen molar-refractivity contribution in [2.45, 2.75) is 32.9 Å². The number of halogens is 1. The van der Waals surface area contributed by atoms with E-state index in [1.165, 1.54) is 4.80 Å². The summed E-state index contributed by atoms with van der Waals surface area (Å²) in [7, 11) is 0. The van der Waals surface area contributed by atoms with Crippen LogP contribution in [0.25, 0.3) is 11.4 Å². The van der Waals surface area contributed by atoms with Gasteiger partial charge in [-0.25, -0.2) is 0 Å². The highest BCUT2D eigenvalue weighted by Crippen LogP contribution is 2.18. The van der Waals surface area contributed by atoms with E-state index in [0.29, 0.717) is 23.8 Å². The Kier molecular flexibility index (Phi) is 5.63. The Morgan fingerprint density at radius 1 is 1.19 bits per heavy atom. The molecule has 6 nitrogen and oxygen atoms in total. The Balaban J connectivity index is 1.71. The van der Waals surface area contributed by atoms with Crippen molar-refractivity contribution in [3.8, 4) is 11.4 Å². The number of benzene rings is 2. The van der Waals surface area contributed by atoms with Gasteiger partial charge in [0.2, 0.25) is 11.7 Å². The summed E-state index contributed by atoms with van der Waals surface area (Å²) < 4.78 is 0. The summed E-state index contributed by atoms with van der Waals surface area (Å²) in [5.74, 6) is 0.336. The van der Waals surface area contributed by atoms with Crippen molar-refractivity contribution in [3.05, 3.63) is 64.7 Å². The predicted octanol–water partition coefficient (Wildman–Crippen LogP) is 3.57. The topological polar surface area (TPSA) is 72.7 Å². The number of nitrogens with one attached hydrogen (secondary N) is 1. The smallest absolute Gasteiger partial charge is 0.247 e. The molecule has 0 aliphatic rings. The van der Waals surface area contributed by atoms with E-state index in [2.05, 4.69) is 20.7 Å². The van der Waals surface area contributed by atoms with Gasteiger partial charge in [-0.05, 0) is 54.0 Å². The molecule has 0 saturated heterocycles. The van der Waals surface area contributed by atoms with E-state index in [1.54, 1.807) is 12.1 Å². The number of carbonyl (C=O) groups excluding carboxylic acids is 1. The number of rotatable bonds is 6. The molecule has 1 N–H and O–H groups in total. The van der Waals surface area contributed by atoms with E-state index in [-0.39, 0.29) is 5.91 Å². The zero-order valence-corrected chi connectivity index (χ0v) is 15.4. The van der Waals surface area contributed by atoms with Crippen molar-refractivity contribution in [2.75, 3.05) is 0 Å². The van der Waals surface area contributed by atoms with Crippen molar-refractivity contribution in [1.82, 2.24) is 25.5 Å². The van der Waals surface area contributed by atoms with Gasteiger partial charge < -0.3 is 5.32 Å². The lowest BCUT2D eigenvalue weighted by Gasteiger charge is -2.14. The molecule has 2 aromatic carbocycles. The minimum Gasteiger partial charge on any atom is -0.350 e. The van der Waals surface area contributed by atoms with Crippen LogP contribution in [0.5, 0.6) is 0 Å². The molecule has 0 spiro atoms. The first kappa shape index (κ1) is 18.1. The second-order valence-corrected chi connectivity index (χ2v) is 6.45. The van der Waals surface area contributed by atoms with Crippen LogP contribution in [-0.4, -0.2) is 26.1 Å². The van der Waals surface area contributed by atoms with Gasteiger partial charge in [0, 0.05) is 17.1 Å². The molecule has 3 rings (SSSR count). The maximum absolute atomic E-state index is 12.6. The third-order valence-electron chi connectivity index (χ3n) is 4.21. The van der Waals surface area contributed by atoms with Gasteiger partial charge in [0.25, 0.3) is 0 Å². The van der Waals surface area contributed by atoms with Crippen molar-refractivity contribution in [3.63, 3.8) is 0 Å². The Morgan fingerprint density at radius 2 is 1.92 bits per heavy atom. The molecule has 0 aliphatic carbocycles. The van der Waals surface area contributed by atoms with Crippen molar-refractivity contribution in [1.29, 1.82) is 0 Å². The Morgan fingerprint density at radius 3 is 2.62 bits per heavy atom. The molecule has 0 saturated carbocycles. The monoisotopic (exact) mass is 369 g/mol. The van der Waals surface area contributed by atoms with Gasteiger partial charge in [-0.2, -0.15) is 4.80 Å². The first-order chi connectivity index (χ1) is 12.6. The molecule has 1 atom stereocenters. The average molecular weight is 370 g/mol. The fourth-order valence-electron chi connectivity index (χ4n) is 2.63. The highest BCUT2D eigenvalue weighted by molar-refractivity contribution is 6.30. The fourth-order valence-corrected chi connectivity index (χ4v) is 2.76. The van der Waals surface area contributed by atoms with Crippen molar-refractivity contribution < 1.29 is 4.79 Å². The lowest BCUT2D eigenvalue weighted by molar-refractivity contribution is -0.125. The van der Waals surface area contributed by atoms with Gasteiger partial charge in [0.1, 0.15) is 0 Å². The number of tetrazole rings is 1. The van der Waals surface area contributed by atoms with Crippen LogP contribution >= 0.6 is 11.6 Å². The van der Waals surface area contributed by atoms with Crippen molar-refractivity contribution in [2.24, 2.45) is 0 Å². The van der Waals surface area contributed by atoms with Crippen LogP contribution in [0.4, 0.5) is 0 Å². The van der Waals surface area contributed by atoms with Crippen LogP contribution in [0.3, 0.4) is 0 Å². The highest BCUT2D eigenvalue weighted by atomic mass is 35.5. The average Bonchev–Trinajstić information content (AvgIpc) is 3.12. The molecular weight excluding hydrogens is 350 g/mol. The van der Waals surface area contributed by atoms with Crippen LogP contribution in [0.2, 0.25) is 5.02 Å². The van der Waals surface area contributed by atoms with E-state index < -0.39 is 6.04 Å². The molecule has 0 bridgehead atoms. The lowest BCUT2D eigenvalue weighted by atomic mass is 10.1. The maximum Gasteiger partial charge on any atom is 0.247 e. The van der Waals surface area contributed by atoms with E-state index in [1.807, 2.05) is 50.2 Å². The second kappa shape index (κ2) is 8.10. The number of aromatic nitrogens is 4. The summed E-state index contributed by atoms with van der Waals surface area (Å²) in [6.45, 7) is 4.42. The lowest BCUT2D eigenvalue weighted by Crippen LogP contribution is -2.33. The Hall–Kier alpha value is -2.73. The predicted molar refractivity (Wildman–Crippen MR) is 101 cm³/mol. The molecule has 7 heteroatoms. The van der Waals surface area contributed by atoms with Crippen LogP contribution in [0.1, 0.15) is 30.5 Å². The maximum atomic E-state index is 12.6. The van der Waals surface area contributed by atoms with E-state index in [0.717, 1.165) is 16.7 Å². The molecule has 0 radical (unpaired) electrons. The summed E-state index contributed by atoms with van der Waals surface area (Å²) in [5, 5.41) is 16.1. The molecule has 1 aromatic heterocycles. The van der Waals surface area contributed by atoms with E-state index >= 15 is 0 Å². The van der Waals surface area contributed by atoms with Gasteiger partial charge in [0.15, 0.2) is 6.04 Å². The third-order valence-corrected chi connectivity index (χ3v) is 4.47. The molecular formula is C19H20ClN5O. The summed E-state index contributed by atoms with van der Waals surface area (Å²) in [6, 6.07) is 14.6. The number of nitrogens with zero attached hydrogens (tertiary/aromatic N) is 4. The van der Waals surface area contributed by atoms with Crippen LogP contribution < -0.4 is 5.32 Å². The van der Waals surface area contributed by atoms with E-state index in [9.17, 15) is 4.79 Å². The molecule has 1 heterocycles. The van der Waals surface area contributed by atoms with Crippen LogP contribution in [-0.2, 0) is 11.3 Å². The molecule has 3 aromatic rings. The molecule has 0 fully saturated rings. The van der Waals surface area contributed by atoms with Crippen LogP contribution in [0.15, 0.2) is 48.5 Å².